The second-order valence-corrected chi connectivity index (χ2v) is 13.8. The number of para-hydroxylation sites is 3. The van der Waals surface area contributed by atoms with Gasteiger partial charge in [-0.15, -0.1) is 0 Å². The van der Waals surface area contributed by atoms with Gasteiger partial charge in [0.2, 0.25) is 0 Å². The second-order valence-electron chi connectivity index (χ2n) is 13.8. The predicted molar refractivity (Wildman–Crippen MR) is 212 cm³/mol. The Hall–Kier alpha value is -6.46. The molecule has 2 aliphatic rings. The number of nitrogens with one attached hydrogen (secondary N) is 1. The Morgan fingerprint density at radius 2 is 1.20 bits per heavy atom. The summed E-state index contributed by atoms with van der Waals surface area (Å²) in [6, 6.07) is 52.0. The lowest BCUT2D eigenvalue weighted by Crippen LogP contribution is -2.44. The highest BCUT2D eigenvalue weighted by Crippen LogP contribution is 2.40. The van der Waals surface area contributed by atoms with E-state index in [2.05, 4.69) is 185 Å². The highest BCUT2D eigenvalue weighted by atomic mass is 15.2. The fraction of sp³-hybridized carbons (Fsp3) is 0.0870. The topological polar surface area (TPSA) is 46.6 Å². The molecule has 1 aliphatic carbocycles. The minimum atomic E-state index is -0.395. The van der Waals surface area contributed by atoms with Crippen LogP contribution in [-0.2, 0) is 0 Å². The van der Waals surface area contributed by atoms with Crippen molar-refractivity contribution in [3.8, 4) is 11.4 Å². The van der Waals surface area contributed by atoms with Crippen LogP contribution in [0.2, 0.25) is 0 Å². The molecule has 2 aromatic heterocycles. The molecule has 6 aromatic carbocycles. The predicted octanol–water partition coefficient (Wildman–Crippen LogP) is 10.9. The lowest BCUT2D eigenvalue weighted by Gasteiger charge is -2.33. The fourth-order valence-electron chi connectivity index (χ4n) is 7.92. The first-order chi connectivity index (χ1) is 25.1. The van der Waals surface area contributed by atoms with Crippen LogP contribution in [0.15, 0.2) is 180 Å². The summed E-state index contributed by atoms with van der Waals surface area (Å²) < 4.78 is 4.80. The molecule has 2 unspecified atom stereocenters. The summed E-state index contributed by atoms with van der Waals surface area (Å²) in [4.78, 5) is 10.5. The molecule has 5 nitrogen and oxygen atoms in total. The Bertz CT molecular complexity index is 2760. The van der Waals surface area contributed by atoms with Crippen molar-refractivity contribution in [2.24, 2.45) is 15.4 Å². The molecule has 5 heteroatoms. The van der Waals surface area contributed by atoms with Gasteiger partial charge in [-0.25, -0.2) is 9.98 Å². The van der Waals surface area contributed by atoms with Crippen LogP contribution in [0.5, 0.6) is 0 Å². The van der Waals surface area contributed by atoms with E-state index in [0.717, 1.165) is 46.1 Å². The lowest BCUT2D eigenvalue weighted by molar-refractivity contribution is 0.570. The molecular formula is C46H35N5. The van der Waals surface area contributed by atoms with Gasteiger partial charge < -0.3 is 14.5 Å². The SMILES string of the molecule is CC1(C2=NC(c3cccc(-n4c5ccccc5c5cc6c7ccccc7n(-c7ccccc7)c6cc54)c3)N=C(c3ccccc3)N2)C=CC=CC1. The smallest absolute Gasteiger partial charge is 0.169 e. The molecule has 1 aliphatic heterocycles. The zero-order valence-electron chi connectivity index (χ0n) is 28.2. The third-order valence-corrected chi connectivity index (χ3v) is 10.5. The van der Waals surface area contributed by atoms with Gasteiger partial charge in [-0.3, -0.25) is 0 Å². The molecule has 244 valence electrons. The third kappa shape index (κ3) is 4.77. The Balaban J connectivity index is 1.19. The summed E-state index contributed by atoms with van der Waals surface area (Å²) in [6.45, 7) is 2.24. The summed E-state index contributed by atoms with van der Waals surface area (Å²) in [5.41, 5.74) is 8.79. The van der Waals surface area contributed by atoms with Gasteiger partial charge >= 0.3 is 0 Å². The van der Waals surface area contributed by atoms with Crippen LogP contribution in [0, 0.1) is 5.41 Å². The van der Waals surface area contributed by atoms with E-state index >= 15 is 0 Å². The van der Waals surface area contributed by atoms with Crippen molar-refractivity contribution in [3.63, 3.8) is 0 Å². The van der Waals surface area contributed by atoms with E-state index in [1.807, 2.05) is 6.07 Å². The van der Waals surface area contributed by atoms with Crippen LogP contribution < -0.4 is 5.32 Å². The Morgan fingerprint density at radius 3 is 1.88 bits per heavy atom. The van der Waals surface area contributed by atoms with Gasteiger partial charge in [-0.05, 0) is 61.9 Å². The molecule has 1 N–H and O–H groups in total. The molecule has 0 amide bonds. The monoisotopic (exact) mass is 657 g/mol. The average molecular weight is 658 g/mol. The van der Waals surface area contributed by atoms with Gasteiger partial charge in [0, 0.05) is 49.5 Å². The average Bonchev–Trinajstić information content (AvgIpc) is 3.70. The highest BCUT2D eigenvalue weighted by molar-refractivity contribution is 6.19. The zero-order chi connectivity index (χ0) is 33.9. The normalized spacial score (nSPS) is 18.7. The first-order valence-electron chi connectivity index (χ1n) is 17.6. The first kappa shape index (κ1) is 29.5. The van der Waals surface area contributed by atoms with E-state index in [1.165, 1.54) is 38.1 Å². The Morgan fingerprint density at radius 1 is 0.569 bits per heavy atom. The molecule has 2 atom stereocenters. The van der Waals surface area contributed by atoms with Crippen LogP contribution >= 0.6 is 0 Å². The lowest BCUT2D eigenvalue weighted by atomic mass is 9.82. The number of fused-ring (bicyclic) bond motifs is 6. The molecule has 0 bridgehead atoms. The number of aliphatic imine (C=N–C) groups is 2. The summed E-state index contributed by atoms with van der Waals surface area (Å²) >= 11 is 0. The maximum absolute atomic E-state index is 5.30. The Labute approximate surface area is 296 Å². The number of hydrogen-bond donors (Lipinski definition) is 1. The van der Waals surface area contributed by atoms with E-state index < -0.39 is 6.17 Å². The molecule has 0 spiro atoms. The molecule has 3 heterocycles. The van der Waals surface area contributed by atoms with E-state index in [0.29, 0.717) is 0 Å². The van der Waals surface area contributed by atoms with Crippen molar-refractivity contribution in [1.82, 2.24) is 14.5 Å². The second kappa shape index (κ2) is 11.6. The van der Waals surface area contributed by atoms with Crippen LogP contribution in [0.25, 0.3) is 55.0 Å². The number of hydrogen-bond acceptors (Lipinski definition) is 3. The number of nitrogens with zero attached hydrogens (tertiary/aromatic N) is 4. The summed E-state index contributed by atoms with van der Waals surface area (Å²) in [6.07, 6.45) is 9.16. The fourth-order valence-corrected chi connectivity index (χ4v) is 7.92. The molecule has 10 rings (SSSR count). The maximum Gasteiger partial charge on any atom is 0.169 e. The van der Waals surface area contributed by atoms with Crippen LogP contribution in [0.3, 0.4) is 0 Å². The van der Waals surface area contributed by atoms with Crippen molar-refractivity contribution in [2.75, 3.05) is 0 Å². The van der Waals surface area contributed by atoms with Gasteiger partial charge in [0.15, 0.2) is 6.17 Å². The van der Waals surface area contributed by atoms with Gasteiger partial charge in [-0.2, -0.15) is 0 Å². The third-order valence-electron chi connectivity index (χ3n) is 10.5. The van der Waals surface area contributed by atoms with Crippen molar-refractivity contribution in [1.29, 1.82) is 0 Å². The van der Waals surface area contributed by atoms with Crippen LogP contribution in [-0.4, -0.2) is 20.8 Å². The minimum absolute atomic E-state index is 0.254. The van der Waals surface area contributed by atoms with Gasteiger partial charge in [0.25, 0.3) is 0 Å². The molecule has 0 fully saturated rings. The minimum Gasteiger partial charge on any atom is -0.328 e. The number of aromatic nitrogens is 2. The maximum atomic E-state index is 5.30. The Kier molecular flexibility index (Phi) is 6.68. The number of rotatable bonds is 5. The summed E-state index contributed by atoms with van der Waals surface area (Å²) in [5, 5.41) is 8.59. The standard InChI is InChI=1S/C46H35N5/c1-46(26-13-4-14-27-46)45-48-43(31-16-5-2-6-17-31)47-44(49-45)32-18-15-21-34(28-32)51-40-25-12-10-23-36(40)38-29-37-35-22-9-11-24-39(35)50(41(37)30-42(38)51)33-19-7-3-8-20-33/h2-26,28-30,44H,27H2,1H3,(H,47,48,49). The molecule has 0 saturated carbocycles. The quantitative estimate of drug-likeness (QED) is 0.197. The zero-order valence-corrected chi connectivity index (χ0v) is 28.2. The summed E-state index contributed by atoms with van der Waals surface area (Å²) in [5.74, 6) is 1.77. The van der Waals surface area contributed by atoms with Crippen LogP contribution in [0.1, 0.15) is 30.6 Å². The van der Waals surface area contributed by atoms with E-state index in [1.54, 1.807) is 0 Å². The van der Waals surface area contributed by atoms with Crippen molar-refractivity contribution in [2.45, 2.75) is 19.5 Å². The van der Waals surface area contributed by atoms with E-state index in [-0.39, 0.29) is 5.41 Å². The molecule has 8 aromatic rings. The number of allylic oxidation sites excluding steroid dienone is 3. The van der Waals surface area contributed by atoms with E-state index in [9.17, 15) is 0 Å². The summed E-state index contributed by atoms with van der Waals surface area (Å²) in [7, 11) is 0. The van der Waals surface area contributed by atoms with Crippen molar-refractivity contribution < 1.29 is 0 Å². The van der Waals surface area contributed by atoms with Gasteiger partial charge in [0.05, 0.1) is 22.1 Å². The molecule has 0 radical (unpaired) electrons. The first-order valence-corrected chi connectivity index (χ1v) is 17.6. The van der Waals surface area contributed by atoms with E-state index in [4.69, 9.17) is 9.98 Å². The van der Waals surface area contributed by atoms with Crippen molar-refractivity contribution in [3.05, 3.63) is 181 Å². The highest BCUT2D eigenvalue weighted by Gasteiger charge is 2.33. The van der Waals surface area contributed by atoms with Gasteiger partial charge in [-0.1, -0.05) is 121 Å². The number of amidine groups is 2. The van der Waals surface area contributed by atoms with Crippen LogP contribution in [0.4, 0.5) is 0 Å². The molecular weight excluding hydrogens is 623 g/mol. The number of benzene rings is 6. The molecule has 0 saturated heterocycles. The molecule has 51 heavy (non-hydrogen) atoms. The largest absolute Gasteiger partial charge is 0.328 e. The van der Waals surface area contributed by atoms with Crippen molar-refractivity contribution >= 4 is 55.3 Å². The van der Waals surface area contributed by atoms with Gasteiger partial charge in [0.1, 0.15) is 11.7 Å².